The molecule has 0 aromatic heterocycles. The molecule has 3 nitrogen and oxygen atoms in total. The number of thiocarbonyl (C=S) groups is 1. The van der Waals surface area contributed by atoms with Gasteiger partial charge in [0.25, 0.3) is 5.91 Å². The average molecular weight is 410 g/mol. The third-order valence-corrected chi connectivity index (χ3v) is 5.52. The molecule has 1 heterocycles. The summed E-state index contributed by atoms with van der Waals surface area (Å²) >= 11 is 18.9. The number of amides is 1. The number of hydrogen-bond donors (Lipinski definition) is 0. The Morgan fingerprint density at radius 3 is 2.44 bits per heavy atom. The van der Waals surface area contributed by atoms with E-state index in [-0.39, 0.29) is 5.91 Å². The predicted octanol–water partition coefficient (Wildman–Crippen LogP) is 5.40. The molecule has 1 aliphatic rings. The second-order valence-corrected chi connectivity index (χ2v) is 7.76. The number of halogens is 2. The Morgan fingerprint density at radius 1 is 1.20 bits per heavy atom. The highest BCUT2D eigenvalue weighted by atomic mass is 35.5. The molecule has 25 heavy (non-hydrogen) atoms. The molecule has 3 rings (SSSR count). The number of thioether (sulfide) groups is 1. The first kappa shape index (κ1) is 18.3. The molecular formula is C18H13Cl2NO2S2. The van der Waals surface area contributed by atoms with Crippen LogP contribution in [0, 0.1) is 0 Å². The average Bonchev–Trinajstić information content (AvgIpc) is 2.83. The summed E-state index contributed by atoms with van der Waals surface area (Å²) < 4.78 is 5.67. The van der Waals surface area contributed by atoms with E-state index in [1.54, 1.807) is 23.1 Å². The van der Waals surface area contributed by atoms with E-state index in [0.29, 0.717) is 31.6 Å². The van der Waals surface area contributed by atoms with E-state index in [9.17, 15) is 4.79 Å². The van der Waals surface area contributed by atoms with E-state index in [4.69, 9.17) is 40.2 Å². The number of nitrogens with zero attached hydrogens (tertiary/aromatic N) is 1. The highest BCUT2D eigenvalue weighted by Crippen LogP contribution is 2.37. The molecule has 0 saturated carbocycles. The molecule has 2 aromatic rings. The molecule has 1 aliphatic heterocycles. The molecule has 0 radical (unpaired) electrons. The van der Waals surface area contributed by atoms with Crippen LogP contribution in [0.5, 0.6) is 5.75 Å². The van der Waals surface area contributed by atoms with Gasteiger partial charge in [-0.2, -0.15) is 0 Å². The van der Waals surface area contributed by atoms with Crippen LogP contribution in [0.3, 0.4) is 0 Å². The van der Waals surface area contributed by atoms with Crippen LogP contribution in [-0.2, 0) is 11.3 Å². The Morgan fingerprint density at radius 2 is 1.84 bits per heavy atom. The molecule has 1 saturated heterocycles. The number of carbonyl (C=O) groups excluding carboxylic acids is 1. The summed E-state index contributed by atoms with van der Waals surface area (Å²) in [5, 5.41) is 0.780. The van der Waals surface area contributed by atoms with Crippen LogP contribution in [0.25, 0.3) is 6.08 Å². The third-order valence-electron chi connectivity index (χ3n) is 3.58. The van der Waals surface area contributed by atoms with E-state index in [2.05, 4.69) is 0 Å². The minimum atomic E-state index is -0.123. The molecule has 0 bridgehead atoms. The van der Waals surface area contributed by atoms with Gasteiger partial charge in [0.05, 0.1) is 28.6 Å². The second-order valence-electron chi connectivity index (χ2n) is 5.27. The summed E-state index contributed by atoms with van der Waals surface area (Å²) in [6.07, 6.45) is 1.74. The fourth-order valence-electron chi connectivity index (χ4n) is 2.41. The van der Waals surface area contributed by atoms with Crippen LogP contribution >= 0.6 is 47.2 Å². The maximum absolute atomic E-state index is 12.7. The zero-order valence-corrected chi connectivity index (χ0v) is 16.3. The lowest BCUT2D eigenvalue weighted by Crippen LogP contribution is -2.27. The SMILES string of the molecule is COc1c(Cl)cc(/C=C2/SC(=S)N(Cc3ccccc3)C2=O)cc1Cl. The minimum Gasteiger partial charge on any atom is -0.494 e. The van der Waals surface area contributed by atoms with Crippen LogP contribution in [0.4, 0.5) is 0 Å². The van der Waals surface area contributed by atoms with Crippen molar-refractivity contribution in [3.8, 4) is 5.75 Å². The van der Waals surface area contributed by atoms with Crippen molar-refractivity contribution < 1.29 is 9.53 Å². The van der Waals surface area contributed by atoms with E-state index in [1.807, 2.05) is 30.3 Å². The standard InChI is InChI=1S/C18H13Cl2NO2S2/c1-23-16-13(19)7-12(8-14(16)20)9-15-17(22)21(18(24)25-15)10-11-5-3-2-4-6-11/h2-9H,10H2,1H3/b15-9+. The first-order valence-electron chi connectivity index (χ1n) is 7.32. The molecule has 0 aliphatic carbocycles. The molecule has 1 fully saturated rings. The van der Waals surface area contributed by atoms with Crippen molar-refractivity contribution in [3.63, 3.8) is 0 Å². The highest BCUT2D eigenvalue weighted by molar-refractivity contribution is 8.26. The zero-order chi connectivity index (χ0) is 18.0. The molecule has 0 atom stereocenters. The van der Waals surface area contributed by atoms with Crippen LogP contribution in [0.1, 0.15) is 11.1 Å². The lowest BCUT2D eigenvalue weighted by Gasteiger charge is -2.14. The first-order chi connectivity index (χ1) is 12.0. The Balaban J connectivity index is 1.85. The number of hydrogen-bond acceptors (Lipinski definition) is 4. The van der Waals surface area contributed by atoms with Gasteiger partial charge in [-0.25, -0.2) is 0 Å². The molecule has 2 aromatic carbocycles. The van der Waals surface area contributed by atoms with Gasteiger partial charge in [0.2, 0.25) is 0 Å². The van der Waals surface area contributed by atoms with Gasteiger partial charge in [0, 0.05) is 0 Å². The van der Waals surface area contributed by atoms with Gasteiger partial charge >= 0.3 is 0 Å². The number of ether oxygens (including phenoxy) is 1. The number of carbonyl (C=O) groups is 1. The fraction of sp³-hybridized carbons (Fsp3) is 0.111. The maximum atomic E-state index is 12.7. The summed E-state index contributed by atoms with van der Waals surface area (Å²) in [4.78, 5) is 14.8. The quantitative estimate of drug-likeness (QED) is 0.499. The molecular weight excluding hydrogens is 397 g/mol. The van der Waals surface area contributed by atoms with Crippen molar-refractivity contribution in [1.29, 1.82) is 0 Å². The fourth-order valence-corrected chi connectivity index (χ4v) is 4.32. The van der Waals surface area contributed by atoms with Crippen molar-refractivity contribution in [3.05, 3.63) is 68.5 Å². The van der Waals surface area contributed by atoms with Crippen LogP contribution in [0.2, 0.25) is 10.0 Å². The topological polar surface area (TPSA) is 29.5 Å². The summed E-state index contributed by atoms with van der Waals surface area (Å²) in [6, 6.07) is 13.1. The highest BCUT2D eigenvalue weighted by Gasteiger charge is 2.32. The smallest absolute Gasteiger partial charge is 0.266 e. The first-order valence-corrected chi connectivity index (χ1v) is 9.30. The van der Waals surface area contributed by atoms with Gasteiger partial charge in [-0.3, -0.25) is 9.69 Å². The third kappa shape index (κ3) is 4.01. The van der Waals surface area contributed by atoms with Crippen molar-refractivity contribution >= 4 is 63.5 Å². The minimum absolute atomic E-state index is 0.123. The van der Waals surface area contributed by atoms with Gasteiger partial charge in [-0.15, -0.1) is 0 Å². The second kappa shape index (κ2) is 7.79. The monoisotopic (exact) mass is 409 g/mol. The van der Waals surface area contributed by atoms with Gasteiger partial charge in [0.1, 0.15) is 4.32 Å². The lowest BCUT2D eigenvalue weighted by atomic mass is 10.2. The molecule has 1 amide bonds. The number of methoxy groups -OCH3 is 1. The Bertz CT molecular complexity index is 846. The van der Waals surface area contributed by atoms with E-state index in [1.165, 1.54) is 18.9 Å². The van der Waals surface area contributed by atoms with Crippen LogP contribution < -0.4 is 4.74 Å². The van der Waals surface area contributed by atoms with E-state index < -0.39 is 0 Å². The number of benzene rings is 2. The molecule has 7 heteroatoms. The number of rotatable bonds is 4. The normalized spacial score (nSPS) is 16.0. The Labute approximate surface area is 165 Å². The van der Waals surface area contributed by atoms with Gasteiger partial charge in [-0.05, 0) is 29.3 Å². The van der Waals surface area contributed by atoms with Gasteiger partial charge in [0.15, 0.2) is 5.75 Å². The molecule has 0 unspecified atom stereocenters. The van der Waals surface area contributed by atoms with Crippen molar-refractivity contribution in [2.24, 2.45) is 0 Å². The molecule has 128 valence electrons. The van der Waals surface area contributed by atoms with Crippen molar-refractivity contribution in [1.82, 2.24) is 4.90 Å². The lowest BCUT2D eigenvalue weighted by molar-refractivity contribution is -0.122. The van der Waals surface area contributed by atoms with E-state index >= 15 is 0 Å². The summed E-state index contributed by atoms with van der Waals surface area (Å²) in [5.74, 6) is 0.291. The maximum Gasteiger partial charge on any atom is 0.266 e. The summed E-state index contributed by atoms with van der Waals surface area (Å²) in [5.41, 5.74) is 1.74. The Kier molecular flexibility index (Phi) is 5.69. The summed E-state index contributed by atoms with van der Waals surface area (Å²) in [6.45, 7) is 0.451. The largest absolute Gasteiger partial charge is 0.494 e. The van der Waals surface area contributed by atoms with Crippen molar-refractivity contribution in [2.45, 2.75) is 6.54 Å². The van der Waals surface area contributed by atoms with E-state index in [0.717, 1.165) is 11.1 Å². The molecule has 0 N–H and O–H groups in total. The van der Waals surface area contributed by atoms with Gasteiger partial charge in [-0.1, -0.05) is 77.5 Å². The van der Waals surface area contributed by atoms with Crippen LogP contribution in [0.15, 0.2) is 47.4 Å². The molecule has 0 spiro atoms. The predicted molar refractivity (Wildman–Crippen MR) is 108 cm³/mol. The van der Waals surface area contributed by atoms with Crippen LogP contribution in [-0.4, -0.2) is 22.2 Å². The van der Waals surface area contributed by atoms with Crippen molar-refractivity contribution in [2.75, 3.05) is 7.11 Å². The summed E-state index contributed by atoms with van der Waals surface area (Å²) in [7, 11) is 1.50. The Hall–Kier alpha value is -1.53. The zero-order valence-electron chi connectivity index (χ0n) is 13.2. The van der Waals surface area contributed by atoms with Gasteiger partial charge < -0.3 is 4.74 Å².